The van der Waals surface area contributed by atoms with Crippen LogP contribution >= 0.6 is 15.9 Å². The Hall–Kier alpha value is -2.43. The third-order valence-corrected chi connectivity index (χ3v) is 7.62. The third-order valence-electron chi connectivity index (χ3n) is 6.92. The lowest BCUT2D eigenvalue weighted by molar-refractivity contribution is -0.140. The van der Waals surface area contributed by atoms with Gasteiger partial charge in [0.2, 0.25) is 5.91 Å². The molecule has 2 aromatic rings. The molecule has 3 fully saturated rings. The van der Waals surface area contributed by atoms with Crippen LogP contribution < -0.4 is 4.90 Å². The fourth-order valence-electron chi connectivity index (χ4n) is 5.12. The molecule has 0 N–H and O–H groups in total. The van der Waals surface area contributed by atoms with E-state index in [4.69, 9.17) is 10.00 Å². The van der Waals surface area contributed by atoms with Crippen LogP contribution in [0.15, 0.2) is 47.1 Å². The van der Waals surface area contributed by atoms with Crippen molar-refractivity contribution in [2.75, 3.05) is 24.6 Å². The molecule has 3 atom stereocenters. The van der Waals surface area contributed by atoms with E-state index in [-0.39, 0.29) is 30.2 Å². The van der Waals surface area contributed by atoms with Gasteiger partial charge >= 0.3 is 0 Å². The zero-order chi connectivity index (χ0) is 21.6. The minimum atomic E-state index is -0.323. The molecule has 0 radical (unpaired) electrons. The summed E-state index contributed by atoms with van der Waals surface area (Å²) in [7, 11) is 0. The Morgan fingerprint density at radius 3 is 2.74 bits per heavy atom. The van der Waals surface area contributed by atoms with Gasteiger partial charge in [0, 0.05) is 29.8 Å². The molecule has 2 aliphatic heterocycles. The third kappa shape index (κ3) is 3.72. The minimum Gasteiger partial charge on any atom is -0.360 e. The van der Waals surface area contributed by atoms with E-state index in [1.807, 2.05) is 35.2 Å². The molecule has 2 saturated heterocycles. The quantitative estimate of drug-likeness (QED) is 0.649. The number of nitrogens with zero attached hydrogens (tertiary/aromatic N) is 4. The highest BCUT2D eigenvalue weighted by molar-refractivity contribution is 9.10. The van der Waals surface area contributed by atoms with Gasteiger partial charge in [-0.05, 0) is 48.9 Å². The van der Waals surface area contributed by atoms with Crippen molar-refractivity contribution < 1.29 is 9.53 Å². The highest BCUT2D eigenvalue weighted by atomic mass is 79.9. The molecule has 3 aliphatic rings. The number of ether oxygens (including phenoxy) is 1. The summed E-state index contributed by atoms with van der Waals surface area (Å²) in [6, 6.07) is 14.5. The number of carbonyl (C=O) groups excluding carboxylic acids is 1. The van der Waals surface area contributed by atoms with Crippen LogP contribution in [0, 0.1) is 17.2 Å². The lowest BCUT2D eigenvalue weighted by Crippen LogP contribution is -2.57. The molecule has 1 amide bonds. The van der Waals surface area contributed by atoms with Crippen molar-refractivity contribution in [2.45, 2.75) is 43.9 Å². The second kappa shape index (κ2) is 7.92. The van der Waals surface area contributed by atoms with Gasteiger partial charge in [-0.25, -0.2) is 4.98 Å². The molecule has 5 rings (SSSR count). The van der Waals surface area contributed by atoms with Gasteiger partial charge in [0.15, 0.2) is 0 Å². The Morgan fingerprint density at radius 1 is 1.29 bits per heavy atom. The van der Waals surface area contributed by atoms with Gasteiger partial charge in [0.25, 0.3) is 0 Å². The molecule has 2 bridgehead atoms. The number of rotatable bonds is 5. The standard InChI is InChI=1S/C24H25BrN4O2/c1-16-10-18-13-28(14-21(16)29(18)22-7-6-17(11-26)12-27-22)23(30)15-31-24(8-9-24)19-4-2-3-5-20(19)25/h2-7,12,16,18,21H,8-10,13-15H2,1H3/t16-,18?,21?/m0/s1. The summed E-state index contributed by atoms with van der Waals surface area (Å²) < 4.78 is 7.24. The lowest BCUT2D eigenvalue weighted by atomic mass is 10.0. The number of likely N-dealkylation sites (tertiary alicyclic amines) is 1. The second-order valence-corrected chi connectivity index (χ2v) is 9.77. The summed E-state index contributed by atoms with van der Waals surface area (Å²) in [5.41, 5.74) is 1.37. The number of benzene rings is 1. The van der Waals surface area contributed by atoms with E-state index in [2.05, 4.69) is 44.9 Å². The molecule has 31 heavy (non-hydrogen) atoms. The predicted molar refractivity (Wildman–Crippen MR) is 120 cm³/mol. The molecule has 6 nitrogen and oxygen atoms in total. The molecule has 1 aromatic heterocycles. The van der Waals surface area contributed by atoms with Crippen molar-refractivity contribution in [3.05, 3.63) is 58.2 Å². The summed E-state index contributed by atoms with van der Waals surface area (Å²) in [6.45, 7) is 3.73. The number of pyridine rings is 1. The van der Waals surface area contributed by atoms with Crippen molar-refractivity contribution >= 4 is 27.7 Å². The van der Waals surface area contributed by atoms with Crippen LogP contribution in [0.3, 0.4) is 0 Å². The first-order valence-electron chi connectivity index (χ1n) is 10.8. The number of hydrogen-bond acceptors (Lipinski definition) is 5. The topological polar surface area (TPSA) is 69.5 Å². The molecule has 0 spiro atoms. The summed E-state index contributed by atoms with van der Waals surface area (Å²) in [6.07, 6.45) is 4.56. The lowest BCUT2D eigenvalue weighted by Gasteiger charge is -2.42. The van der Waals surface area contributed by atoms with Gasteiger partial charge in [-0.1, -0.05) is 41.1 Å². The van der Waals surface area contributed by atoms with Gasteiger partial charge in [0.05, 0.1) is 17.2 Å². The highest BCUT2D eigenvalue weighted by Gasteiger charge is 2.49. The molecule has 160 valence electrons. The number of fused-ring (bicyclic) bond motifs is 2. The number of nitriles is 1. The Morgan fingerprint density at radius 2 is 2.10 bits per heavy atom. The average Bonchev–Trinajstić information content (AvgIpc) is 3.54. The largest absolute Gasteiger partial charge is 0.360 e. The van der Waals surface area contributed by atoms with E-state index >= 15 is 0 Å². The van der Waals surface area contributed by atoms with E-state index in [1.165, 1.54) is 0 Å². The zero-order valence-electron chi connectivity index (χ0n) is 17.5. The highest BCUT2D eigenvalue weighted by Crippen LogP contribution is 2.51. The molecule has 3 heterocycles. The molecule has 2 unspecified atom stereocenters. The van der Waals surface area contributed by atoms with Crippen molar-refractivity contribution in [3.8, 4) is 6.07 Å². The number of piperazine rings is 1. The van der Waals surface area contributed by atoms with E-state index in [9.17, 15) is 4.79 Å². The second-order valence-electron chi connectivity index (χ2n) is 8.92. The molecular weight excluding hydrogens is 456 g/mol. The van der Waals surface area contributed by atoms with Crippen molar-refractivity contribution in [1.29, 1.82) is 5.26 Å². The van der Waals surface area contributed by atoms with Gasteiger partial charge in [-0.15, -0.1) is 0 Å². The van der Waals surface area contributed by atoms with E-state index < -0.39 is 0 Å². The van der Waals surface area contributed by atoms with E-state index in [1.54, 1.807) is 6.20 Å². The van der Waals surface area contributed by atoms with E-state index in [0.717, 1.165) is 35.1 Å². The summed E-state index contributed by atoms with van der Waals surface area (Å²) in [4.78, 5) is 21.9. The first-order valence-corrected chi connectivity index (χ1v) is 11.6. The van der Waals surface area contributed by atoms with Gasteiger partial charge < -0.3 is 14.5 Å². The van der Waals surface area contributed by atoms with Crippen LogP contribution in [-0.2, 0) is 15.1 Å². The molecular formula is C24H25BrN4O2. The average molecular weight is 481 g/mol. The maximum absolute atomic E-state index is 13.1. The SMILES string of the molecule is C[C@H]1CC2CN(C(=O)COC3(c4ccccc4Br)CC3)CC1N2c1ccc(C#N)cn1. The first-order chi connectivity index (χ1) is 15.0. The van der Waals surface area contributed by atoms with Crippen molar-refractivity contribution in [3.63, 3.8) is 0 Å². The normalized spacial score (nSPS) is 25.9. The van der Waals surface area contributed by atoms with Crippen LogP contribution in [0.5, 0.6) is 0 Å². The van der Waals surface area contributed by atoms with Crippen LogP contribution in [-0.4, -0.2) is 47.6 Å². The monoisotopic (exact) mass is 480 g/mol. The Balaban J connectivity index is 1.25. The maximum atomic E-state index is 13.1. The van der Waals surface area contributed by atoms with Gasteiger partial charge in [-0.2, -0.15) is 5.26 Å². The van der Waals surface area contributed by atoms with E-state index in [0.29, 0.717) is 24.6 Å². The van der Waals surface area contributed by atoms with Crippen LogP contribution in [0.2, 0.25) is 0 Å². The van der Waals surface area contributed by atoms with Crippen molar-refractivity contribution in [1.82, 2.24) is 9.88 Å². The number of aromatic nitrogens is 1. The van der Waals surface area contributed by atoms with Crippen LogP contribution in [0.1, 0.15) is 37.3 Å². The number of hydrogen-bond donors (Lipinski definition) is 0. The van der Waals surface area contributed by atoms with Gasteiger partial charge in [-0.3, -0.25) is 4.79 Å². The fourth-order valence-corrected chi connectivity index (χ4v) is 5.77. The van der Waals surface area contributed by atoms with Crippen LogP contribution in [0.4, 0.5) is 5.82 Å². The summed E-state index contributed by atoms with van der Waals surface area (Å²) >= 11 is 3.62. The van der Waals surface area contributed by atoms with Crippen molar-refractivity contribution in [2.24, 2.45) is 5.92 Å². The summed E-state index contributed by atoms with van der Waals surface area (Å²) in [5, 5.41) is 9.03. The minimum absolute atomic E-state index is 0.0647. The number of halogens is 1. The number of carbonyl (C=O) groups is 1. The fraction of sp³-hybridized carbons (Fsp3) is 0.458. The Labute approximate surface area is 190 Å². The van der Waals surface area contributed by atoms with Crippen LogP contribution in [0.25, 0.3) is 0 Å². The Bertz CT molecular complexity index is 1030. The predicted octanol–water partition coefficient (Wildman–Crippen LogP) is 3.85. The molecule has 7 heteroatoms. The number of anilines is 1. The first kappa shape index (κ1) is 20.5. The molecule has 1 saturated carbocycles. The molecule has 1 aliphatic carbocycles. The molecule has 1 aromatic carbocycles. The zero-order valence-corrected chi connectivity index (χ0v) is 19.1. The summed E-state index contributed by atoms with van der Waals surface area (Å²) in [5.74, 6) is 1.44. The Kier molecular flexibility index (Phi) is 5.23. The smallest absolute Gasteiger partial charge is 0.248 e. The maximum Gasteiger partial charge on any atom is 0.248 e. The number of amides is 1. The van der Waals surface area contributed by atoms with Gasteiger partial charge in [0.1, 0.15) is 18.5 Å².